The van der Waals surface area contributed by atoms with Gasteiger partial charge in [-0.3, -0.25) is 9.78 Å². The van der Waals surface area contributed by atoms with Crippen LogP contribution in [0.5, 0.6) is 0 Å². The predicted molar refractivity (Wildman–Crippen MR) is 90.0 cm³/mol. The Bertz CT molecular complexity index is 739. The van der Waals surface area contributed by atoms with Crippen LogP contribution in [0, 0.1) is 0 Å². The summed E-state index contributed by atoms with van der Waals surface area (Å²) in [4.78, 5) is 17.5. The quantitative estimate of drug-likeness (QED) is 0.779. The Hall–Kier alpha value is -2.46. The van der Waals surface area contributed by atoms with E-state index in [1.165, 1.54) is 5.56 Å². The standard InChI is InChI=1S/C18H16N2OS/c21-18(20-9-8-14-5-2-1-3-6-14)16-11-15(12-19-13-16)17-7-4-10-22-17/h1-7,10-13H,8-9H2,(H,20,21). The van der Waals surface area contributed by atoms with Gasteiger partial charge in [-0.1, -0.05) is 36.4 Å². The van der Waals surface area contributed by atoms with Crippen molar-refractivity contribution in [2.45, 2.75) is 6.42 Å². The van der Waals surface area contributed by atoms with Crippen molar-refractivity contribution in [1.82, 2.24) is 10.3 Å². The van der Waals surface area contributed by atoms with Crippen LogP contribution in [0.4, 0.5) is 0 Å². The number of carbonyl (C=O) groups is 1. The molecule has 3 rings (SSSR count). The molecule has 0 spiro atoms. The molecular formula is C18H16N2OS. The lowest BCUT2D eigenvalue weighted by atomic mass is 10.1. The van der Waals surface area contributed by atoms with Crippen molar-refractivity contribution in [1.29, 1.82) is 0 Å². The first-order valence-electron chi connectivity index (χ1n) is 7.14. The van der Waals surface area contributed by atoms with E-state index in [1.807, 2.05) is 41.8 Å². The van der Waals surface area contributed by atoms with Gasteiger partial charge in [0, 0.05) is 29.4 Å². The highest BCUT2D eigenvalue weighted by Gasteiger charge is 2.08. The van der Waals surface area contributed by atoms with Gasteiger partial charge in [0.05, 0.1) is 5.56 Å². The van der Waals surface area contributed by atoms with Crippen molar-refractivity contribution in [3.63, 3.8) is 0 Å². The maximum atomic E-state index is 12.2. The van der Waals surface area contributed by atoms with Crippen LogP contribution in [0.15, 0.2) is 66.3 Å². The van der Waals surface area contributed by atoms with E-state index < -0.39 is 0 Å². The molecule has 0 aliphatic rings. The molecule has 2 aromatic heterocycles. The zero-order valence-corrected chi connectivity index (χ0v) is 12.8. The topological polar surface area (TPSA) is 42.0 Å². The lowest BCUT2D eigenvalue weighted by Gasteiger charge is -2.06. The van der Waals surface area contributed by atoms with E-state index in [1.54, 1.807) is 23.7 Å². The molecule has 0 aliphatic carbocycles. The second-order valence-electron chi connectivity index (χ2n) is 4.93. The van der Waals surface area contributed by atoms with Gasteiger partial charge in [0.1, 0.15) is 0 Å². The van der Waals surface area contributed by atoms with Gasteiger partial charge >= 0.3 is 0 Å². The Morgan fingerprint density at radius 3 is 2.73 bits per heavy atom. The van der Waals surface area contributed by atoms with Crippen molar-refractivity contribution in [3.05, 3.63) is 77.4 Å². The molecular weight excluding hydrogens is 292 g/mol. The van der Waals surface area contributed by atoms with Crippen molar-refractivity contribution in [3.8, 4) is 10.4 Å². The lowest BCUT2D eigenvalue weighted by molar-refractivity contribution is 0.0954. The van der Waals surface area contributed by atoms with Gasteiger partial charge in [0.15, 0.2) is 0 Å². The zero-order chi connectivity index (χ0) is 15.2. The summed E-state index contributed by atoms with van der Waals surface area (Å²) in [6.07, 6.45) is 4.21. The molecule has 3 aromatic rings. The summed E-state index contributed by atoms with van der Waals surface area (Å²) in [6.45, 7) is 0.617. The number of pyridine rings is 1. The third-order valence-corrected chi connectivity index (χ3v) is 4.27. The fraction of sp³-hybridized carbons (Fsp3) is 0.111. The first kappa shape index (κ1) is 14.5. The number of hydrogen-bond acceptors (Lipinski definition) is 3. The van der Waals surface area contributed by atoms with Crippen LogP contribution in [0.3, 0.4) is 0 Å². The molecule has 0 aliphatic heterocycles. The van der Waals surface area contributed by atoms with Gasteiger partial charge in [-0.05, 0) is 29.5 Å². The average molecular weight is 308 g/mol. The van der Waals surface area contributed by atoms with Gasteiger partial charge in [-0.25, -0.2) is 0 Å². The van der Waals surface area contributed by atoms with Gasteiger partial charge < -0.3 is 5.32 Å². The Morgan fingerprint density at radius 2 is 1.95 bits per heavy atom. The van der Waals surface area contributed by atoms with Crippen molar-refractivity contribution in [2.24, 2.45) is 0 Å². The molecule has 3 nitrogen and oxygen atoms in total. The molecule has 2 heterocycles. The van der Waals surface area contributed by atoms with Crippen LogP contribution in [-0.4, -0.2) is 17.4 Å². The van der Waals surface area contributed by atoms with Gasteiger partial charge in [0.25, 0.3) is 5.91 Å². The molecule has 1 amide bonds. The van der Waals surface area contributed by atoms with Crippen molar-refractivity contribution in [2.75, 3.05) is 6.54 Å². The Labute approximate surface area is 133 Å². The Morgan fingerprint density at radius 1 is 1.09 bits per heavy atom. The van der Waals surface area contributed by atoms with Gasteiger partial charge in [-0.15, -0.1) is 11.3 Å². The van der Waals surface area contributed by atoms with E-state index in [0.29, 0.717) is 12.1 Å². The maximum Gasteiger partial charge on any atom is 0.252 e. The van der Waals surface area contributed by atoms with Crippen molar-refractivity contribution < 1.29 is 4.79 Å². The molecule has 1 N–H and O–H groups in total. The van der Waals surface area contributed by atoms with Crippen LogP contribution in [0.2, 0.25) is 0 Å². The van der Waals surface area contributed by atoms with Gasteiger partial charge in [-0.2, -0.15) is 0 Å². The average Bonchev–Trinajstić information content (AvgIpc) is 3.10. The Kier molecular flexibility index (Phi) is 4.61. The molecule has 0 bridgehead atoms. The summed E-state index contributed by atoms with van der Waals surface area (Å²) in [6, 6.07) is 16.0. The molecule has 1 aromatic carbocycles. The summed E-state index contributed by atoms with van der Waals surface area (Å²) in [5.41, 5.74) is 2.79. The molecule has 0 unspecified atom stereocenters. The highest BCUT2D eigenvalue weighted by molar-refractivity contribution is 7.13. The molecule has 0 atom stereocenters. The van der Waals surface area contributed by atoms with E-state index in [0.717, 1.165) is 16.9 Å². The second-order valence-corrected chi connectivity index (χ2v) is 5.88. The molecule has 0 radical (unpaired) electrons. The number of benzene rings is 1. The lowest BCUT2D eigenvalue weighted by Crippen LogP contribution is -2.25. The molecule has 22 heavy (non-hydrogen) atoms. The van der Waals surface area contributed by atoms with Crippen LogP contribution in [0.25, 0.3) is 10.4 Å². The highest BCUT2D eigenvalue weighted by Crippen LogP contribution is 2.24. The van der Waals surface area contributed by atoms with Crippen LogP contribution < -0.4 is 5.32 Å². The first-order chi connectivity index (χ1) is 10.8. The zero-order valence-electron chi connectivity index (χ0n) is 12.0. The normalized spacial score (nSPS) is 10.4. The van der Waals surface area contributed by atoms with Gasteiger partial charge in [0.2, 0.25) is 0 Å². The smallest absolute Gasteiger partial charge is 0.252 e. The molecule has 4 heteroatoms. The SMILES string of the molecule is O=C(NCCc1ccccc1)c1cncc(-c2cccs2)c1. The number of nitrogens with zero attached hydrogens (tertiary/aromatic N) is 1. The number of rotatable bonds is 5. The monoisotopic (exact) mass is 308 g/mol. The fourth-order valence-corrected chi connectivity index (χ4v) is 2.92. The first-order valence-corrected chi connectivity index (χ1v) is 8.02. The third kappa shape index (κ3) is 3.59. The van der Waals surface area contributed by atoms with E-state index in [9.17, 15) is 4.79 Å². The van der Waals surface area contributed by atoms with Crippen LogP contribution >= 0.6 is 11.3 Å². The summed E-state index contributed by atoms with van der Waals surface area (Å²) in [5.74, 6) is -0.0816. The molecule has 0 saturated heterocycles. The minimum absolute atomic E-state index is 0.0816. The number of aromatic nitrogens is 1. The number of carbonyl (C=O) groups excluding carboxylic acids is 1. The van der Waals surface area contributed by atoms with E-state index in [4.69, 9.17) is 0 Å². The summed E-state index contributed by atoms with van der Waals surface area (Å²) in [5, 5.41) is 4.96. The van der Waals surface area contributed by atoms with Crippen LogP contribution in [-0.2, 0) is 6.42 Å². The van der Waals surface area contributed by atoms with E-state index in [2.05, 4.69) is 22.4 Å². The van der Waals surface area contributed by atoms with E-state index >= 15 is 0 Å². The fourth-order valence-electron chi connectivity index (χ4n) is 2.21. The highest BCUT2D eigenvalue weighted by atomic mass is 32.1. The summed E-state index contributed by atoms with van der Waals surface area (Å²) >= 11 is 1.64. The predicted octanol–water partition coefficient (Wildman–Crippen LogP) is 3.78. The minimum atomic E-state index is -0.0816. The largest absolute Gasteiger partial charge is 0.352 e. The number of thiophene rings is 1. The van der Waals surface area contributed by atoms with E-state index in [-0.39, 0.29) is 5.91 Å². The molecule has 0 saturated carbocycles. The Balaban J connectivity index is 1.62. The summed E-state index contributed by atoms with van der Waals surface area (Å²) < 4.78 is 0. The maximum absolute atomic E-state index is 12.2. The number of nitrogens with one attached hydrogen (secondary N) is 1. The minimum Gasteiger partial charge on any atom is -0.352 e. The summed E-state index contributed by atoms with van der Waals surface area (Å²) in [7, 11) is 0. The molecule has 110 valence electrons. The van der Waals surface area contributed by atoms with Crippen LogP contribution in [0.1, 0.15) is 15.9 Å². The second kappa shape index (κ2) is 7.00. The van der Waals surface area contributed by atoms with Crippen molar-refractivity contribution >= 4 is 17.2 Å². The number of amides is 1. The molecule has 0 fully saturated rings. The number of hydrogen-bond donors (Lipinski definition) is 1. The third-order valence-electron chi connectivity index (χ3n) is 3.35.